The van der Waals surface area contributed by atoms with Crippen LogP contribution in [0.15, 0.2) is 0 Å². The zero-order valence-corrected chi connectivity index (χ0v) is 13.0. The first-order valence-electron chi connectivity index (χ1n) is 7.66. The quantitative estimate of drug-likeness (QED) is 0.721. The molecule has 1 atom stereocenters. The van der Waals surface area contributed by atoms with Crippen molar-refractivity contribution in [3.8, 4) is 0 Å². The lowest BCUT2D eigenvalue weighted by atomic mass is 9.75. The van der Waals surface area contributed by atoms with Crippen LogP contribution in [0.4, 0.5) is 0 Å². The zero-order chi connectivity index (χ0) is 15.0. The largest absolute Gasteiger partial charge is 0.468 e. The van der Waals surface area contributed by atoms with Crippen molar-refractivity contribution in [2.24, 2.45) is 5.41 Å². The lowest BCUT2D eigenvalue weighted by Crippen LogP contribution is -2.53. The van der Waals surface area contributed by atoms with E-state index >= 15 is 0 Å². The van der Waals surface area contributed by atoms with Gasteiger partial charge in [0.2, 0.25) is 5.91 Å². The van der Waals surface area contributed by atoms with Crippen LogP contribution < -0.4 is 5.32 Å². The molecule has 1 unspecified atom stereocenters. The Kier molecular flexibility index (Phi) is 6.99. The Morgan fingerprint density at radius 1 is 1.30 bits per heavy atom. The first-order valence-corrected chi connectivity index (χ1v) is 7.66. The minimum atomic E-state index is -0.345. The molecule has 0 radical (unpaired) electrons. The molecule has 0 saturated carbocycles. The van der Waals surface area contributed by atoms with E-state index in [9.17, 15) is 9.59 Å². The number of esters is 1. The van der Waals surface area contributed by atoms with Crippen molar-refractivity contribution in [1.29, 1.82) is 0 Å². The summed E-state index contributed by atoms with van der Waals surface area (Å²) in [4.78, 5) is 26.1. The summed E-state index contributed by atoms with van der Waals surface area (Å²) >= 11 is 0. The Balaban J connectivity index is 2.85. The maximum atomic E-state index is 12.9. The van der Waals surface area contributed by atoms with E-state index in [1.165, 1.54) is 7.11 Å². The number of nitrogens with one attached hydrogen (secondary N) is 1. The highest BCUT2D eigenvalue weighted by molar-refractivity contribution is 5.86. The second-order valence-electron chi connectivity index (χ2n) is 5.61. The zero-order valence-electron chi connectivity index (χ0n) is 13.0. The summed E-state index contributed by atoms with van der Waals surface area (Å²) in [5.74, 6) is -0.235. The molecule has 0 aliphatic carbocycles. The van der Waals surface area contributed by atoms with Gasteiger partial charge in [-0.15, -0.1) is 0 Å². The predicted molar refractivity (Wildman–Crippen MR) is 78.3 cm³/mol. The Morgan fingerprint density at radius 3 is 2.55 bits per heavy atom. The molecule has 5 nitrogen and oxygen atoms in total. The van der Waals surface area contributed by atoms with Gasteiger partial charge in [-0.25, -0.2) is 0 Å². The van der Waals surface area contributed by atoms with Crippen molar-refractivity contribution in [2.75, 3.05) is 33.3 Å². The van der Waals surface area contributed by atoms with Crippen molar-refractivity contribution >= 4 is 11.9 Å². The number of carbonyl (C=O) groups is 2. The van der Waals surface area contributed by atoms with Gasteiger partial charge in [0, 0.05) is 13.1 Å². The fraction of sp³-hybridized carbons (Fsp3) is 0.867. The molecule has 1 fully saturated rings. The molecule has 0 spiro atoms. The Morgan fingerprint density at radius 2 is 2.05 bits per heavy atom. The first kappa shape index (κ1) is 17.0. The van der Waals surface area contributed by atoms with E-state index < -0.39 is 0 Å². The third-order valence-electron chi connectivity index (χ3n) is 3.98. The molecular weight excluding hydrogens is 256 g/mol. The minimum Gasteiger partial charge on any atom is -0.468 e. The number of amides is 1. The van der Waals surface area contributed by atoms with Gasteiger partial charge < -0.3 is 15.0 Å². The maximum absolute atomic E-state index is 12.9. The lowest BCUT2D eigenvalue weighted by Gasteiger charge is -2.39. The van der Waals surface area contributed by atoms with Gasteiger partial charge in [-0.2, -0.15) is 0 Å². The van der Waals surface area contributed by atoms with E-state index in [1.807, 2.05) is 6.92 Å². The minimum absolute atomic E-state index is 0.0641. The molecule has 0 aromatic rings. The second-order valence-corrected chi connectivity index (χ2v) is 5.61. The molecule has 1 aliphatic heterocycles. The van der Waals surface area contributed by atoms with E-state index in [0.29, 0.717) is 6.54 Å². The van der Waals surface area contributed by atoms with Crippen LogP contribution in [0.25, 0.3) is 0 Å². The fourth-order valence-corrected chi connectivity index (χ4v) is 3.03. The highest BCUT2D eigenvalue weighted by Crippen LogP contribution is 2.33. The van der Waals surface area contributed by atoms with E-state index in [4.69, 9.17) is 4.74 Å². The normalized spacial score (nSPS) is 22.4. The monoisotopic (exact) mass is 284 g/mol. The molecule has 1 rings (SSSR count). The number of methoxy groups -OCH3 is 1. The summed E-state index contributed by atoms with van der Waals surface area (Å²) < 4.78 is 4.71. The van der Waals surface area contributed by atoms with Gasteiger partial charge in [-0.1, -0.05) is 20.3 Å². The van der Waals surface area contributed by atoms with Gasteiger partial charge in [0.1, 0.15) is 6.54 Å². The number of hydrogen-bond acceptors (Lipinski definition) is 4. The molecule has 1 saturated heterocycles. The predicted octanol–water partition coefficient (Wildman–Crippen LogP) is 1.57. The van der Waals surface area contributed by atoms with Gasteiger partial charge >= 0.3 is 5.97 Å². The summed E-state index contributed by atoms with van der Waals surface area (Å²) in [5.41, 5.74) is -0.337. The Labute approximate surface area is 122 Å². The lowest BCUT2D eigenvalue weighted by molar-refractivity contribution is -0.152. The number of nitrogens with zero attached hydrogens (tertiary/aromatic N) is 1. The van der Waals surface area contributed by atoms with E-state index in [0.717, 1.165) is 45.2 Å². The van der Waals surface area contributed by atoms with Crippen LogP contribution >= 0.6 is 0 Å². The Bertz CT molecular complexity index is 320. The third kappa shape index (κ3) is 4.20. The van der Waals surface area contributed by atoms with Crippen LogP contribution in [0.2, 0.25) is 0 Å². The van der Waals surface area contributed by atoms with Gasteiger partial charge in [0.15, 0.2) is 0 Å². The van der Waals surface area contributed by atoms with Gasteiger partial charge in [0.05, 0.1) is 12.5 Å². The highest BCUT2D eigenvalue weighted by atomic mass is 16.5. The van der Waals surface area contributed by atoms with E-state index in [1.54, 1.807) is 4.90 Å². The average Bonchev–Trinajstić information content (AvgIpc) is 2.47. The molecule has 1 N–H and O–H groups in total. The van der Waals surface area contributed by atoms with Crippen molar-refractivity contribution in [3.63, 3.8) is 0 Å². The maximum Gasteiger partial charge on any atom is 0.325 e. The summed E-state index contributed by atoms with van der Waals surface area (Å²) in [5, 5.41) is 3.34. The van der Waals surface area contributed by atoms with Crippen molar-refractivity contribution in [1.82, 2.24) is 10.2 Å². The number of carbonyl (C=O) groups excluding carboxylic acids is 2. The number of piperidine rings is 1. The molecule has 5 heteroatoms. The summed E-state index contributed by atoms with van der Waals surface area (Å²) in [7, 11) is 1.36. The second kappa shape index (κ2) is 8.25. The molecule has 1 amide bonds. The molecule has 116 valence electrons. The molecular formula is C15H28N2O3. The van der Waals surface area contributed by atoms with Crippen LogP contribution in [0.5, 0.6) is 0 Å². The molecule has 0 bridgehead atoms. The smallest absolute Gasteiger partial charge is 0.325 e. The van der Waals surface area contributed by atoms with Crippen LogP contribution in [0.1, 0.15) is 46.0 Å². The van der Waals surface area contributed by atoms with E-state index in [-0.39, 0.29) is 23.8 Å². The van der Waals surface area contributed by atoms with Gasteiger partial charge in [-0.3, -0.25) is 9.59 Å². The fourth-order valence-electron chi connectivity index (χ4n) is 3.03. The topological polar surface area (TPSA) is 58.6 Å². The first-order chi connectivity index (χ1) is 9.59. The van der Waals surface area contributed by atoms with Crippen LogP contribution in [-0.2, 0) is 14.3 Å². The van der Waals surface area contributed by atoms with Crippen molar-refractivity contribution in [2.45, 2.75) is 46.0 Å². The molecule has 1 heterocycles. The summed E-state index contributed by atoms with van der Waals surface area (Å²) in [6, 6.07) is 0. The molecule has 0 aromatic heterocycles. The molecule has 0 aromatic carbocycles. The van der Waals surface area contributed by atoms with Crippen molar-refractivity contribution < 1.29 is 14.3 Å². The highest BCUT2D eigenvalue weighted by Gasteiger charge is 2.41. The van der Waals surface area contributed by atoms with E-state index in [2.05, 4.69) is 12.2 Å². The Hall–Kier alpha value is -1.10. The molecule has 1 aliphatic rings. The van der Waals surface area contributed by atoms with Crippen LogP contribution in [0.3, 0.4) is 0 Å². The van der Waals surface area contributed by atoms with Crippen LogP contribution in [-0.4, -0.2) is 50.1 Å². The van der Waals surface area contributed by atoms with Crippen LogP contribution in [0, 0.1) is 5.41 Å². The number of hydrogen-bond donors (Lipinski definition) is 1. The number of ether oxygens (including phenoxy) is 1. The van der Waals surface area contributed by atoms with Gasteiger partial charge in [-0.05, 0) is 32.2 Å². The summed E-state index contributed by atoms with van der Waals surface area (Å²) in [6.07, 6.45) is 4.63. The van der Waals surface area contributed by atoms with Crippen molar-refractivity contribution in [3.05, 3.63) is 0 Å². The average molecular weight is 284 g/mol. The molecule has 20 heavy (non-hydrogen) atoms. The summed E-state index contributed by atoms with van der Waals surface area (Å²) in [6.45, 7) is 6.50. The number of rotatable bonds is 7. The third-order valence-corrected chi connectivity index (χ3v) is 3.98. The SMILES string of the molecule is CCCN(CC(=O)OC)C(=O)C1(CCC)CCCNC1. The van der Waals surface area contributed by atoms with Gasteiger partial charge in [0.25, 0.3) is 0 Å². The standard InChI is InChI=1S/C15H28N2O3/c1-4-7-15(8-6-9-16-12-15)14(19)17(10-5-2)11-13(18)20-3/h16H,4-12H2,1-3H3.